The number of hydrogen-bond acceptors (Lipinski definition) is 10. The molecule has 1 saturated heterocycles. The fourth-order valence-electron chi connectivity index (χ4n) is 10.1. The molecule has 0 bridgehead atoms. The Hall–Kier alpha value is -5.29. The van der Waals surface area contributed by atoms with Crippen LogP contribution in [0.25, 0.3) is 0 Å². The van der Waals surface area contributed by atoms with E-state index in [-0.39, 0.29) is 67.1 Å². The molecule has 6 amide bonds. The Balaban J connectivity index is 1.28. The molecule has 16 heteroatoms. The number of carbonyl (C=O) groups is 6. The number of amides is 6. The van der Waals surface area contributed by atoms with Crippen LogP contribution in [0.1, 0.15) is 132 Å². The van der Waals surface area contributed by atoms with Gasteiger partial charge in [-0.3, -0.25) is 28.8 Å². The average molecular weight is 995 g/mol. The summed E-state index contributed by atoms with van der Waals surface area (Å²) in [6.07, 6.45) is 5.71. The summed E-state index contributed by atoms with van der Waals surface area (Å²) in [5, 5.41) is 31.1. The number of benzene rings is 3. The van der Waals surface area contributed by atoms with Crippen LogP contribution in [0.3, 0.4) is 0 Å². The highest BCUT2D eigenvalue weighted by molar-refractivity contribution is 8.00. The van der Waals surface area contributed by atoms with Crippen LogP contribution in [0.2, 0.25) is 0 Å². The molecule has 1 fully saturated rings. The van der Waals surface area contributed by atoms with E-state index in [4.69, 9.17) is 0 Å². The zero-order valence-corrected chi connectivity index (χ0v) is 44.0. The van der Waals surface area contributed by atoms with Gasteiger partial charge in [-0.25, -0.2) is 0 Å². The SMILES string of the molecule is CNC(C)C(=O)NC(C(=O)N1C[C@@H](c2ccc(CC(NC(=O)C(NC(=O)C(C)NC)C(C)(C)SCCO)C(=O)N[C@@H]3CCCc4ccccc43)cc2)C[C@H]1C(=O)N[C@@H]1CCCc2ccccc21)C(C)(C)C. The van der Waals surface area contributed by atoms with Crippen LogP contribution in [0.4, 0.5) is 0 Å². The highest BCUT2D eigenvalue weighted by Gasteiger charge is 2.46. The minimum atomic E-state index is -1.06. The van der Waals surface area contributed by atoms with Crippen LogP contribution < -0.4 is 37.2 Å². The summed E-state index contributed by atoms with van der Waals surface area (Å²) in [5.74, 6) is -2.04. The van der Waals surface area contributed by atoms with Crippen LogP contribution in [-0.2, 0) is 48.0 Å². The number of rotatable bonds is 20. The molecule has 9 atom stereocenters. The summed E-state index contributed by atoms with van der Waals surface area (Å²) in [7, 11) is 3.35. The van der Waals surface area contributed by atoms with Gasteiger partial charge in [-0.15, -0.1) is 0 Å². The van der Waals surface area contributed by atoms with Gasteiger partial charge in [-0.2, -0.15) is 11.8 Å². The maximum Gasteiger partial charge on any atom is 0.246 e. The standard InChI is InChI=1S/C55H78N8O7S/c1-33(56-8)48(65)61-46(55(6,7)71-29-28-64)52(69)60-44(50(67)58-42-22-14-18-37-16-10-12-20-40(37)42)30-35-24-26-36(27-25-35)39-31-45(51(68)59-43-23-15-19-38-17-11-13-21-41(38)43)63(32-39)53(70)47(54(3,4)5)62-49(66)34(2)57-9/h10-13,16-17,20-21,24-27,33-34,39,42-47,56-57,64H,14-15,18-19,22-23,28-32H2,1-9H3,(H,58,67)(H,59,68)(H,60,69)(H,61,65)(H,62,66)/t33?,34?,39-,42+,43+,44?,45-,46?,47?/m0/s1. The normalized spacial score (nSPS) is 21.0. The van der Waals surface area contributed by atoms with Crippen molar-refractivity contribution in [2.24, 2.45) is 5.41 Å². The molecule has 15 nitrogen and oxygen atoms in total. The van der Waals surface area contributed by atoms with Gasteiger partial charge < -0.3 is 47.2 Å². The third kappa shape index (κ3) is 13.8. The van der Waals surface area contributed by atoms with Crippen LogP contribution >= 0.6 is 11.8 Å². The predicted molar refractivity (Wildman–Crippen MR) is 279 cm³/mol. The zero-order valence-electron chi connectivity index (χ0n) is 43.2. The number of likely N-dealkylation sites (tertiary alicyclic amines) is 1. The Morgan fingerprint density at radius 1 is 0.690 bits per heavy atom. The van der Waals surface area contributed by atoms with E-state index in [2.05, 4.69) is 55.4 Å². The number of nitrogens with one attached hydrogen (secondary N) is 7. The van der Waals surface area contributed by atoms with Gasteiger partial charge in [-0.05, 0) is 126 Å². The minimum absolute atomic E-state index is 0.113. The third-order valence-corrected chi connectivity index (χ3v) is 16.0. The second-order valence-corrected chi connectivity index (χ2v) is 22.9. The third-order valence-electron chi connectivity index (χ3n) is 14.6. The smallest absolute Gasteiger partial charge is 0.246 e. The number of aryl methyl sites for hydroxylation is 2. The van der Waals surface area contributed by atoms with Gasteiger partial charge in [0.25, 0.3) is 0 Å². The quantitative estimate of drug-likeness (QED) is 0.0794. The van der Waals surface area contributed by atoms with E-state index in [1.807, 2.05) is 89.2 Å². The molecule has 71 heavy (non-hydrogen) atoms. The van der Waals surface area contributed by atoms with E-state index >= 15 is 0 Å². The minimum Gasteiger partial charge on any atom is -0.396 e. The van der Waals surface area contributed by atoms with E-state index in [0.29, 0.717) is 12.2 Å². The molecular formula is C55H78N8O7S. The van der Waals surface area contributed by atoms with Crippen LogP contribution in [0.5, 0.6) is 0 Å². The second kappa shape index (κ2) is 24.4. The molecule has 386 valence electrons. The highest BCUT2D eigenvalue weighted by Crippen LogP contribution is 2.37. The van der Waals surface area contributed by atoms with Crippen LogP contribution in [0.15, 0.2) is 72.8 Å². The van der Waals surface area contributed by atoms with Gasteiger partial charge in [0.05, 0.1) is 30.8 Å². The van der Waals surface area contributed by atoms with E-state index in [9.17, 15) is 33.9 Å². The summed E-state index contributed by atoms with van der Waals surface area (Å²) in [4.78, 5) is 86.7. The van der Waals surface area contributed by atoms with Crippen molar-refractivity contribution in [3.05, 3.63) is 106 Å². The number of likely N-dealkylation sites (N-methyl/N-ethyl adjacent to an activating group) is 2. The summed E-state index contributed by atoms with van der Waals surface area (Å²) in [6.45, 7) is 12.9. The lowest BCUT2D eigenvalue weighted by Gasteiger charge is -2.36. The Morgan fingerprint density at radius 3 is 1.76 bits per heavy atom. The maximum atomic E-state index is 14.8. The van der Waals surface area contributed by atoms with Crippen LogP contribution in [-0.4, -0.2) is 119 Å². The molecule has 0 radical (unpaired) electrons. The van der Waals surface area contributed by atoms with E-state index < -0.39 is 52.3 Å². The van der Waals surface area contributed by atoms with E-state index in [0.717, 1.165) is 60.8 Å². The Labute approximate surface area is 425 Å². The molecule has 1 heterocycles. The lowest BCUT2D eigenvalue weighted by atomic mass is 9.85. The number of aliphatic hydroxyl groups is 1. The second-order valence-electron chi connectivity index (χ2n) is 21.2. The van der Waals surface area contributed by atoms with Crippen molar-refractivity contribution >= 4 is 47.2 Å². The van der Waals surface area contributed by atoms with Gasteiger partial charge in [0.2, 0.25) is 35.4 Å². The number of aliphatic hydroxyl groups excluding tert-OH is 1. The molecule has 8 N–H and O–H groups in total. The first-order valence-electron chi connectivity index (χ1n) is 25.4. The fraction of sp³-hybridized carbons (Fsp3) is 0.564. The Morgan fingerprint density at radius 2 is 1.23 bits per heavy atom. The summed E-state index contributed by atoms with van der Waals surface area (Å²) in [6, 6.07) is 18.6. The fourth-order valence-corrected chi connectivity index (χ4v) is 11.1. The van der Waals surface area contributed by atoms with E-state index in [1.54, 1.807) is 32.8 Å². The van der Waals surface area contributed by atoms with Crippen LogP contribution in [0, 0.1) is 5.41 Å². The van der Waals surface area contributed by atoms with Crippen molar-refractivity contribution in [1.82, 2.24) is 42.1 Å². The molecule has 0 saturated carbocycles. The lowest BCUT2D eigenvalue weighted by Crippen LogP contribution is -2.62. The van der Waals surface area contributed by atoms with Crippen molar-refractivity contribution in [3.63, 3.8) is 0 Å². The maximum absolute atomic E-state index is 14.8. The number of nitrogens with zero attached hydrogens (tertiary/aromatic N) is 1. The lowest BCUT2D eigenvalue weighted by molar-refractivity contribution is -0.144. The average Bonchev–Trinajstić information content (AvgIpc) is 3.81. The molecule has 3 aromatic rings. The van der Waals surface area contributed by atoms with E-state index in [1.165, 1.54) is 22.9 Å². The molecule has 3 aliphatic rings. The predicted octanol–water partition coefficient (Wildman–Crippen LogP) is 4.52. The topological polar surface area (TPSA) is 210 Å². The summed E-state index contributed by atoms with van der Waals surface area (Å²) >= 11 is 1.35. The van der Waals surface area contributed by atoms with Crippen molar-refractivity contribution in [2.75, 3.05) is 33.0 Å². The largest absolute Gasteiger partial charge is 0.396 e. The van der Waals surface area contributed by atoms with Crippen molar-refractivity contribution < 1.29 is 33.9 Å². The van der Waals surface area contributed by atoms with Gasteiger partial charge in [-0.1, -0.05) is 93.6 Å². The number of hydrogen-bond donors (Lipinski definition) is 8. The molecule has 0 spiro atoms. The molecule has 5 unspecified atom stereocenters. The zero-order chi connectivity index (χ0) is 51.6. The summed E-state index contributed by atoms with van der Waals surface area (Å²) < 4.78 is -0.864. The molecule has 3 aromatic carbocycles. The van der Waals surface area contributed by atoms with Crippen molar-refractivity contribution in [1.29, 1.82) is 0 Å². The van der Waals surface area contributed by atoms with Gasteiger partial charge in [0.15, 0.2) is 0 Å². The highest BCUT2D eigenvalue weighted by atomic mass is 32.2. The Kier molecular flexibility index (Phi) is 18.9. The molecular weight excluding hydrogens is 917 g/mol. The molecule has 0 aromatic heterocycles. The molecule has 6 rings (SSSR count). The molecule has 1 aliphatic heterocycles. The number of thioether (sulfide) groups is 1. The first-order chi connectivity index (χ1) is 33.8. The number of carbonyl (C=O) groups excluding carboxylic acids is 6. The summed E-state index contributed by atoms with van der Waals surface area (Å²) in [5.41, 5.74) is 5.53. The first-order valence-corrected chi connectivity index (χ1v) is 26.4. The first kappa shape index (κ1) is 55.0. The Bertz CT molecular complexity index is 2350. The van der Waals surface area contributed by atoms with Gasteiger partial charge >= 0.3 is 0 Å². The number of fused-ring (bicyclic) bond motifs is 2. The van der Waals surface area contributed by atoms with Gasteiger partial charge in [0.1, 0.15) is 24.2 Å². The monoisotopic (exact) mass is 995 g/mol. The van der Waals surface area contributed by atoms with Crippen molar-refractivity contribution in [2.45, 2.75) is 159 Å². The van der Waals surface area contributed by atoms with Gasteiger partial charge in [0, 0.05) is 29.4 Å². The van der Waals surface area contributed by atoms with Crippen molar-refractivity contribution in [3.8, 4) is 0 Å². The molecule has 2 aliphatic carbocycles.